The fraction of sp³-hybridized carbons (Fsp3) is 0.280. The predicted molar refractivity (Wildman–Crippen MR) is 127 cm³/mol. The fourth-order valence-electron chi connectivity index (χ4n) is 4.23. The lowest BCUT2D eigenvalue weighted by atomic mass is 9.98. The molecule has 174 valence electrons. The number of hydrogen-bond donors (Lipinski definition) is 1. The van der Waals surface area contributed by atoms with Gasteiger partial charge in [0.05, 0.1) is 44.8 Å². The molecule has 9 nitrogen and oxygen atoms in total. The van der Waals surface area contributed by atoms with E-state index in [1.165, 1.54) is 19.6 Å². The van der Waals surface area contributed by atoms with Gasteiger partial charge < -0.3 is 24.2 Å². The number of morpholine rings is 1. The van der Waals surface area contributed by atoms with Crippen LogP contribution < -0.4 is 14.4 Å². The first kappa shape index (κ1) is 22.0. The van der Waals surface area contributed by atoms with Crippen LogP contribution in [0.25, 0.3) is 22.2 Å². The summed E-state index contributed by atoms with van der Waals surface area (Å²) in [6.07, 6.45) is 3.38. The summed E-state index contributed by atoms with van der Waals surface area (Å²) >= 11 is 0. The Bertz CT molecular complexity index is 1310. The van der Waals surface area contributed by atoms with Crippen molar-refractivity contribution in [1.29, 1.82) is 0 Å². The zero-order valence-electron chi connectivity index (χ0n) is 19.0. The number of fused-ring (bicyclic) bond motifs is 1. The van der Waals surface area contributed by atoms with E-state index in [2.05, 4.69) is 37.0 Å². The topological polar surface area (TPSA) is 103 Å². The van der Waals surface area contributed by atoms with E-state index in [4.69, 9.17) is 14.2 Å². The van der Waals surface area contributed by atoms with Crippen LogP contribution in [0.2, 0.25) is 0 Å². The van der Waals surface area contributed by atoms with Gasteiger partial charge in [-0.05, 0) is 36.4 Å². The molecule has 0 bridgehead atoms. The van der Waals surface area contributed by atoms with Crippen molar-refractivity contribution in [2.75, 3.05) is 45.4 Å². The minimum absolute atomic E-state index is 0.357. The second-order valence-electron chi connectivity index (χ2n) is 7.86. The van der Waals surface area contributed by atoms with Crippen molar-refractivity contribution in [3.8, 4) is 22.8 Å². The van der Waals surface area contributed by atoms with Gasteiger partial charge in [0.2, 0.25) is 0 Å². The van der Waals surface area contributed by atoms with Gasteiger partial charge >= 0.3 is 0 Å². The van der Waals surface area contributed by atoms with Gasteiger partial charge in [-0.1, -0.05) is 0 Å². The second-order valence-corrected chi connectivity index (χ2v) is 7.86. The SMILES string of the molecule is COc1ccc(-c2ncnc3cc(N4CCOCC4)ccc23)cc1C(O)c1ncncc1OC. The van der Waals surface area contributed by atoms with Gasteiger partial charge in [0.1, 0.15) is 30.2 Å². The van der Waals surface area contributed by atoms with Crippen LogP contribution in [0.3, 0.4) is 0 Å². The van der Waals surface area contributed by atoms with Crippen LogP contribution in [0.5, 0.6) is 11.5 Å². The summed E-state index contributed by atoms with van der Waals surface area (Å²) < 4.78 is 16.3. The Labute approximate surface area is 197 Å². The lowest BCUT2D eigenvalue weighted by molar-refractivity contribution is 0.122. The molecule has 0 saturated carbocycles. The minimum Gasteiger partial charge on any atom is -0.496 e. The molecule has 3 heterocycles. The number of rotatable bonds is 6. The van der Waals surface area contributed by atoms with Crippen molar-refractivity contribution in [2.24, 2.45) is 0 Å². The van der Waals surface area contributed by atoms with E-state index < -0.39 is 6.10 Å². The van der Waals surface area contributed by atoms with E-state index in [0.29, 0.717) is 22.8 Å². The van der Waals surface area contributed by atoms with E-state index in [9.17, 15) is 5.11 Å². The normalized spacial score (nSPS) is 14.7. The second kappa shape index (κ2) is 9.58. The Morgan fingerprint density at radius 1 is 0.941 bits per heavy atom. The average molecular weight is 460 g/mol. The number of anilines is 1. The van der Waals surface area contributed by atoms with Crippen LogP contribution >= 0.6 is 0 Å². The lowest BCUT2D eigenvalue weighted by Gasteiger charge is -2.29. The largest absolute Gasteiger partial charge is 0.496 e. The lowest BCUT2D eigenvalue weighted by Crippen LogP contribution is -2.36. The van der Waals surface area contributed by atoms with Crippen LogP contribution in [0.4, 0.5) is 5.69 Å². The van der Waals surface area contributed by atoms with Gasteiger partial charge in [0.25, 0.3) is 0 Å². The molecule has 34 heavy (non-hydrogen) atoms. The molecule has 0 amide bonds. The minimum atomic E-state index is -1.08. The molecule has 0 aliphatic carbocycles. The monoisotopic (exact) mass is 459 g/mol. The van der Waals surface area contributed by atoms with Gasteiger partial charge in [-0.15, -0.1) is 0 Å². The van der Waals surface area contributed by atoms with E-state index in [0.717, 1.165) is 54.2 Å². The van der Waals surface area contributed by atoms with E-state index in [1.807, 2.05) is 24.3 Å². The zero-order valence-corrected chi connectivity index (χ0v) is 19.0. The highest BCUT2D eigenvalue weighted by Gasteiger charge is 2.22. The molecule has 0 spiro atoms. The molecular weight excluding hydrogens is 434 g/mol. The molecule has 1 unspecified atom stereocenters. The maximum Gasteiger partial charge on any atom is 0.161 e. The van der Waals surface area contributed by atoms with E-state index in [-0.39, 0.29) is 0 Å². The third kappa shape index (κ3) is 4.11. The molecule has 1 aliphatic heterocycles. The third-order valence-corrected chi connectivity index (χ3v) is 5.98. The molecule has 0 radical (unpaired) electrons. The maximum absolute atomic E-state index is 11.2. The van der Waals surface area contributed by atoms with Gasteiger partial charge in [-0.25, -0.2) is 19.9 Å². The molecule has 1 fully saturated rings. The van der Waals surface area contributed by atoms with Crippen molar-refractivity contribution in [1.82, 2.24) is 19.9 Å². The highest BCUT2D eigenvalue weighted by Crippen LogP contribution is 2.37. The van der Waals surface area contributed by atoms with Crippen LogP contribution in [0.15, 0.2) is 55.2 Å². The quantitative estimate of drug-likeness (QED) is 0.466. The first-order valence-corrected chi connectivity index (χ1v) is 11.0. The first-order chi connectivity index (χ1) is 16.7. The summed E-state index contributed by atoms with van der Waals surface area (Å²) in [6.45, 7) is 3.16. The van der Waals surface area contributed by atoms with Gasteiger partial charge in [-0.3, -0.25) is 0 Å². The highest BCUT2D eigenvalue weighted by molar-refractivity contribution is 5.94. The summed E-state index contributed by atoms with van der Waals surface area (Å²) in [5, 5.41) is 12.1. The number of ether oxygens (including phenoxy) is 3. The van der Waals surface area contributed by atoms with Crippen LogP contribution in [0, 0.1) is 0 Å². The Balaban J connectivity index is 1.57. The zero-order chi connectivity index (χ0) is 23.5. The van der Waals surface area contributed by atoms with E-state index >= 15 is 0 Å². The molecular formula is C25H25N5O4. The Kier molecular flexibility index (Phi) is 6.20. The summed E-state index contributed by atoms with van der Waals surface area (Å²) in [7, 11) is 3.08. The number of nitrogens with zero attached hydrogens (tertiary/aromatic N) is 5. The summed E-state index contributed by atoms with van der Waals surface area (Å²) in [5.74, 6) is 0.926. The van der Waals surface area contributed by atoms with Gasteiger partial charge in [0, 0.05) is 35.3 Å². The molecule has 1 aliphatic rings. The van der Waals surface area contributed by atoms with Crippen LogP contribution in [-0.2, 0) is 4.74 Å². The molecule has 5 rings (SSSR count). The van der Waals surface area contributed by atoms with Crippen molar-refractivity contribution < 1.29 is 19.3 Å². The summed E-state index contributed by atoms with van der Waals surface area (Å²) in [4.78, 5) is 19.6. The fourth-order valence-corrected chi connectivity index (χ4v) is 4.23. The first-order valence-electron chi connectivity index (χ1n) is 11.0. The van der Waals surface area contributed by atoms with Crippen molar-refractivity contribution in [3.05, 3.63) is 66.5 Å². The Hall–Kier alpha value is -3.82. The van der Waals surface area contributed by atoms with Crippen LogP contribution in [-0.4, -0.2) is 65.6 Å². The van der Waals surface area contributed by atoms with Crippen molar-refractivity contribution in [2.45, 2.75) is 6.10 Å². The molecule has 1 N–H and O–H groups in total. The number of benzene rings is 2. The Morgan fingerprint density at radius 2 is 1.76 bits per heavy atom. The van der Waals surface area contributed by atoms with Gasteiger partial charge in [0.15, 0.2) is 5.75 Å². The molecule has 2 aromatic heterocycles. The standard InChI is InChI=1S/C25H25N5O4/c1-32-21-6-3-16(11-19(21)25(31)24-22(33-2)13-26-14-28-24)23-18-5-4-17(12-20(18)27-15-29-23)30-7-9-34-10-8-30/h3-6,11-15,25,31H,7-10H2,1-2H3. The predicted octanol–water partition coefficient (Wildman–Crippen LogP) is 3.02. The molecule has 4 aromatic rings. The Morgan fingerprint density at radius 3 is 2.56 bits per heavy atom. The summed E-state index contributed by atoms with van der Waals surface area (Å²) in [5.41, 5.74) is 4.47. The molecule has 9 heteroatoms. The van der Waals surface area contributed by atoms with Crippen molar-refractivity contribution >= 4 is 16.6 Å². The third-order valence-electron chi connectivity index (χ3n) is 5.98. The number of aliphatic hydroxyl groups is 1. The number of hydrogen-bond acceptors (Lipinski definition) is 9. The molecule has 1 saturated heterocycles. The summed E-state index contributed by atoms with van der Waals surface area (Å²) in [6, 6.07) is 11.8. The number of methoxy groups -OCH3 is 2. The average Bonchev–Trinajstić information content (AvgIpc) is 2.92. The highest BCUT2D eigenvalue weighted by atomic mass is 16.5. The number of aromatic nitrogens is 4. The maximum atomic E-state index is 11.2. The van der Waals surface area contributed by atoms with E-state index in [1.54, 1.807) is 13.4 Å². The van der Waals surface area contributed by atoms with Crippen molar-refractivity contribution in [3.63, 3.8) is 0 Å². The van der Waals surface area contributed by atoms with Gasteiger partial charge in [-0.2, -0.15) is 0 Å². The smallest absolute Gasteiger partial charge is 0.161 e. The van der Waals surface area contributed by atoms with Crippen LogP contribution in [0.1, 0.15) is 17.4 Å². The molecule has 2 aromatic carbocycles. The molecule has 1 atom stereocenters. The number of aliphatic hydroxyl groups excluding tert-OH is 1.